The molecule has 3 rings (SSSR count). The largest absolute Gasteiger partial charge is 0.353 e. The smallest absolute Gasteiger partial charge is 0.245 e. The van der Waals surface area contributed by atoms with E-state index in [0.29, 0.717) is 13.1 Å². The fourth-order valence-electron chi connectivity index (χ4n) is 4.33. The van der Waals surface area contributed by atoms with Crippen molar-refractivity contribution in [3.8, 4) is 0 Å². The second-order valence-electron chi connectivity index (χ2n) is 8.29. The molecule has 1 aliphatic carbocycles. The average molecular weight is 354 g/mol. The monoisotopic (exact) mass is 354 g/mol. The van der Waals surface area contributed by atoms with E-state index in [4.69, 9.17) is 0 Å². The summed E-state index contributed by atoms with van der Waals surface area (Å²) >= 11 is 0. The van der Waals surface area contributed by atoms with E-state index in [1.54, 1.807) is 4.90 Å². The topological polar surface area (TPSA) is 49.4 Å². The lowest BCUT2D eigenvalue weighted by molar-refractivity contribution is -0.132. The van der Waals surface area contributed by atoms with Gasteiger partial charge in [-0.3, -0.25) is 9.59 Å². The Morgan fingerprint density at radius 2 is 1.88 bits per heavy atom. The zero-order valence-corrected chi connectivity index (χ0v) is 16.0. The summed E-state index contributed by atoms with van der Waals surface area (Å²) in [5.41, 5.74) is 2.91. The third-order valence-corrected chi connectivity index (χ3v) is 6.03. The molecule has 0 bridgehead atoms. The van der Waals surface area contributed by atoms with Crippen LogP contribution in [0.15, 0.2) is 36.9 Å². The molecule has 1 N–H and O–H groups in total. The quantitative estimate of drug-likeness (QED) is 0.669. The molecule has 2 amide bonds. The van der Waals surface area contributed by atoms with Gasteiger partial charge >= 0.3 is 0 Å². The highest BCUT2D eigenvalue weighted by atomic mass is 16.2. The first-order chi connectivity index (χ1) is 12.4. The predicted molar refractivity (Wildman–Crippen MR) is 104 cm³/mol. The molecule has 1 fully saturated rings. The predicted octanol–water partition coefficient (Wildman–Crippen LogP) is 3.21. The number of likely N-dealkylation sites (tertiary alicyclic amines) is 1. The molecular weight excluding hydrogens is 324 g/mol. The molecule has 2 aliphatic rings. The number of piperidine rings is 1. The molecule has 1 aliphatic heterocycles. The first-order valence-corrected chi connectivity index (χ1v) is 9.71. The minimum Gasteiger partial charge on any atom is -0.353 e. The zero-order valence-electron chi connectivity index (χ0n) is 16.0. The van der Waals surface area contributed by atoms with E-state index in [2.05, 4.69) is 50.0 Å². The Morgan fingerprint density at radius 1 is 1.19 bits per heavy atom. The lowest BCUT2D eigenvalue weighted by Gasteiger charge is -2.31. The molecule has 4 nitrogen and oxygen atoms in total. The lowest BCUT2D eigenvalue weighted by atomic mass is 9.80. The van der Waals surface area contributed by atoms with E-state index in [9.17, 15) is 9.59 Å². The van der Waals surface area contributed by atoms with Gasteiger partial charge in [-0.2, -0.15) is 0 Å². The van der Waals surface area contributed by atoms with Crippen LogP contribution < -0.4 is 5.32 Å². The maximum absolute atomic E-state index is 12.8. The van der Waals surface area contributed by atoms with Gasteiger partial charge in [0.25, 0.3) is 0 Å². The Bertz CT molecular complexity index is 687. The van der Waals surface area contributed by atoms with Crippen LogP contribution in [0.25, 0.3) is 0 Å². The Balaban J connectivity index is 1.61. The Hall–Kier alpha value is -2.10. The first kappa shape index (κ1) is 18.7. The SMILES string of the molecule is C=CC(=O)N1CCC(C(=O)NC2CCC(C)(C)c3ccccc3C2)CC1. The van der Waals surface area contributed by atoms with Crippen molar-refractivity contribution in [1.82, 2.24) is 10.2 Å². The summed E-state index contributed by atoms with van der Waals surface area (Å²) < 4.78 is 0. The normalized spacial score (nSPS) is 22.8. The number of hydrogen-bond donors (Lipinski definition) is 1. The van der Waals surface area contributed by atoms with E-state index in [0.717, 1.165) is 32.1 Å². The maximum atomic E-state index is 12.8. The molecule has 1 unspecified atom stereocenters. The number of hydrogen-bond acceptors (Lipinski definition) is 2. The molecule has 0 aromatic heterocycles. The Morgan fingerprint density at radius 3 is 2.58 bits per heavy atom. The summed E-state index contributed by atoms with van der Waals surface area (Å²) in [6.07, 6.45) is 5.80. The lowest BCUT2D eigenvalue weighted by Crippen LogP contribution is -2.45. The minimum atomic E-state index is -0.0357. The molecule has 4 heteroatoms. The van der Waals surface area contributed by atoms with Crippen LogP contribution in [-0.2, 0) is 21.4 Å². The summed E-state index contributed by atoms with van der Waals surface area (Å²) in [7, 11) is 0. The van der Waals surface area contributed by atoms with Crippen molar-refractivity contribution in [2.75, 3.05) is 13.1 Å². The van der Waals surface area contributed by atoms with E-state index in [1.165, 1.54) is 17.2 Å². The highest BCUT2D eigenvalue weighted by molar-refractivity contribution is 5.87. The van der Waals surface area contributed by atoms with Crippen LogP contribution in [0.2, 0.25) is 0 Å². The van der Waals surface area contributed by atoms with Crippen molar-refractivity contribution < 1.29 is 9.59 Å². The maximum Gasteiger partial charge on any atom is 0.245 e. The molecule has 1 heterocycles. The third-order valence-electron chi connectivity index (χ3n) is 6.03. The third kappa shape index (κ3) is 4.00. The van der Waals surface area contributed by atoms with Crippen LogP contribution in [0.1, 0.15) is 50.7 Å². The van der Waals surface area contributed by atoms with E-state index in [-0.39, 0.29) is 29.2 Å². The molecule has 1 aromatic carbocycles. The molecule has 0 spiro atoms. The number of fused-ring (bicyclic) bond motifs is 1. The van der Waals surface area contributed by atoms with Gasteiger partial charge in [-0.25, -0.2) is 0 Å². The fourth-order valence-corrected chi connectivity index (χ4v) is 4.33. The van der Waals surface area contributed by atoms with Gasteiger partial charge in [-0.15, -0.1) is 0 Å². The summed E-state index contributed by atoms with van der Waals surface area (Å²) in [6, 6.07) is 8.81. The van der Waals surface area contributed by atoms with Gasteiger partial charge in [-0.1, -0.05) is 44.7 Å². The first-order valence-electron chi connectivity index (χ1n) is 9.71. The molecule has 1 aromatic rings. The summed E-state index contributed by atoms with van der Waals surface area (Å²) in [5.74, 6) is 0.125. The summed E-state index contributed by atoms with van der Waals surface area (Å²) in [6.45, 7) is 9.41. The van der Waals surface area contributed by atoms with Crippen molar-refractivity contribution in [2.24, 2.45) is 5.92 Å². The molecule has 26 heavy (non-hydrogen) atoms. The standard InChI is InChI=1S/C22H30N2O2/c1-4-20(25)24-13-10-16(11-14-24)21(26)23-18-9-12-22(2,3)19-8-6-5-7-17(19)15-18/h4-8,16,18H,1,9-15H2,2-3H3,(H,23,26). The van der Waals surface area contributed by atoms with Gasteiger partial charge in [0.05, 0.1) is 0 Å². The van der Waals surface area contributed by atoms with Gasteiger partial charge < -0.3 is 10.2 Å². The molecule has 1 saturated heterocycles. The fraction of sp³-hybridized carbons (Fsp3) is 0.545. The summed E-state index contributed by atoms with van der Waals surface area (Å²) in [5, 5.41) is 3.30. The number of carbonyl (C=O) groups is 2. The van der Waals surface area contributed by atoms with Crippen LogP contribution >= 0.6 is 0 Å². The molecule has 0 saturated carbocycles. The van der Waals surface area contributed by atoms with Gasteiger partial charge in [-0.05, 0) is 54.7 Å². The van der Waals surface area contributed by atoms with Crippen LogP contribution in [0.5, 0.6) is 0 Å². The molecule has 140 valence electrons. The van der Waals surface area contributed by atoms with Gasteiger partial charge in [0.2, 0.25) is 11.8 Å². The van der Waals surface area contributed by atoms with Gasteiger partial charge in [0.1, 0.15) is 0 Å². The highest BCUT2D eigenvalue weighted by Gasteiger charge is 2.32. The van der Waals surface area contributed by atoms with Gasteiger partial charge in [0.15, 0.2) is 0 Å². The Kier molecular flexibility index (Phi) is 5.49. The molecule has 0 radical (unpaired) electrons. The van der Waals surface area contributed by atoms with Crippen molar-refractivity contribution >= 4 is 11.8 Å². The second-order valence-corrected chi connectivity index (χ2v) is 8.29. The van der Waals surface area contributed by atoms with Crippen molar-refractivity contribution in [2.45, 2.75) is 57.4 Å². The van der Waals surface area contributed by atoms with Crippen LogP contribution in [0.3, 0.4) is 0 Å². The molecular formula is C22H30N2O2. The number of nitrogens with one attached hydrogen (secondary N) is 1. The van der Waals surface area contributed by atoms with E-state index < -0.39 is 0 Å². The summed E-state index contributed by atoms with van der Waals surface area (Å²) in [4.78, 5) is 26.2. The number of rotatable bonds is 3. The van der Waals surface area contributed by atoms with Crippen molar-refractivity contribution in [3.05, 3.63) is 48.0 Å². The van der Waals surface area contributed by atoms with Gasteiger partial charge in [0, 0.05) is 25.0 Å². The van der Waals surface area contributed by atoms with Crippen LogP contribution in [-0.4, -0.2) is 35.8 Å². The number of benzene rings is 1. The number of amides is 2. The van der Waals surface area contributed by atoms with Crippen molar-refractivity contribution in [3.63, 3.8) is 0 Å². The zero-order chi connectivity index (χ0) is 18.7. The van der Waals surface area contributed by atoms with Crippen molar-refractivity contribution in [1.29, 1.82) is 0 Å². The van der Waals surface area contributed by atoms with E-state index in [1.807, 2.05) is 0 Å². The minimum absolute atomic E-state index is 0.00960. The van der Waals surface area contributed by atoms with E-state index >= 15 is 0 Å². The van der Waals surface area contributed by atoms with Crippen LogP contribution in [0, 0.1) is 5.92 Å². The second kappa shape index (κ2) is 7.65. The van der Waals surface area contributed by atoms with Crippen LogP contribution in [0.4, 0.5) is 0 Å². The molecule has 1 atom stereocenters. The Labute approximate surface area is 156 Å². The number of carbonyl (C=O) groups excluding carboxylic acids is 2. The highest BCUT2D eigenvalue weighted by Crippen LogP contribution is 2.35. The average Bonchev–Trinajstić information content (AvgIpc) is 2.77. The number of nitrogens with zero attached hydrogens (tertiary/aromatic N) is 1.